The largest absolute Gasteiger partial charge is 1.00 e. The highest BCUT2D eigenvalue weighted by Gasteiger charge is 2.55. The maximum Gasteiger partial charge on any atom is 0.276 e. The number of nitrogens with zero attached hydrogens (tertiary/aromatic N) is 2. The highest BCUT2D eigenvalue weighted by atomic mass is 79.9. The molecule has 7 heteroatoms. The summed E-state index contributed by atoms with van der Waals surface area (Å²) in [6, 6.07) is 37.2. The number of hydrogen-bond donors (Lipinski definition) is 3. The molecule has 8 rings (SSSR count). The van der Waals surface area contributed by atoms with Crippen molar-refractivity contribution in [3.63, 3.8) is 0 Å². The quantitative estimate of drug-likeness (QED) is 0.126. The number of hydrogen-bond acceptors (Lipinski definition) is 4. The van der Waals surface area contributed by atoms with Gasteiger partial charge in [0, 0.05) is 30.3 Å². The standard InChI is InChI=1S/C40H39N3O3.BrH/c1-2-28-26-43(23-21-29(28)24-37(43)39(46)34-20-22-41-36-19-18-33(44)25-35(34)36)27-38(45)42-40(30-12-6-3-7-13-30,31-14-8-4-9-15-31)32-16-10-5-11-17-32;/h2-20,22,25,28-29,37,39,46H,1,21,23-24,26-27H2,(H-,42,44,45);1H/t28?,29?,37?,39?,43-;/m0./s1. The molecule has 0 spiro atoms. The minimum atomic E-state index is -0.919. The van der Waals surface area contributed by atoms with Gasteiger partial charge >= 0.3 is 0 Å². The number of benzene rings is 4. The number of halogens is 1. The summed E-state index contributed by atoms with van der Waals surface area (Å²) >= 11 is 0. The van der Waals surface area contributed by atoms with Crippen LogP contribution in [0.2, 0.25) is 0 Å². The molecule has 0 saturated carbocycles. The van der Waals surface area contributed by atoms with Crippen molar-refractivity contribution in [2.24, 2.45) is 11.8 Å². The number of aromatic nitrogens is 1. The predicted molar refractivity (Wildman–Crippen MR) is 181 cm³/mol. The van der Waals surface area contributed by atoms with Gasteiger partial charge in [-0.05, 0) is 52.4 Å². The van der Waals surface area contributed by atoms with Crippen LogP contribution >= 0.6 is 0 Å². The monoisotopic (exact) mass is 689 g/mol. The second-order valence-electron chi connectivity index (χ2n) is 13.0. The summed E-state index contributed by atoms with van der Waals surface area (Å²) in [5.41, 5.74) is 3.46. The highest BCUT2D eigenvalue weighted by Crippen LogP contribution is 2.47. The second kappa shape index (κ2) is 13.4. The lowest BCUT2D eigenvalue weighted by atomic mass is 9.71. The van der Waals surface area contributed by atoms with Crippen molar-refractivity contribution >= 4 is 16.8 Å². The fourth-order valence-electron chi connectivity index (χ4n) is 8.32. The molecule has 5 aromatic rings. The molecule has 0 radical (unpaired) electrons. The van der Waals surface area contributed by atoms with Gasteiger partial charge in [0.15, 0.2) is 6.54 Å². The van der Waals surface area contributed by atoms with E-state index in [-0.39, 0.29) is 47.1 Å². The first-order valence-electron chi connectivity index (χ1n) is 16.2. The van der Waals surface area contributed by atoms with E-state index in [2.05, 4.69) is 53.3 Å². The Kier molecular flexibility index (Phi) is 9.33. The zero-order valence-corrected chi connectivity index (χ0v) is 27.8. The number of carbonyl (C=O) groups excluding carboxylic acids is 1. The van der Waals surface area contributed by atoms with Crippen molar-refractivity contribution in [2.45, 2.75) is 30.5 Å². The van der Waals surface area contributed by atoms with Crippen LogP contribution in [0.5, 0.6) is 5.75 Å². The molecular formula is C40H40BrN3O3. The van der Waals surface area contributed by atoms with Crippen molar-refractivity contribution < 1.29 is 36.5 Å². The molecule has 3 saturated heterocycles. The van der Waals surface area contributed by atoms with E-state index >= 15 is 0 Å². The van der Waals surface area contributed by atoms with Gasteiger partial charge in [-0.2, -0.15) is 0 Å². The molecule has 0 aliphatic carbocycles. The van der Waals surface area contributed by atoms with Gasteiger partial charge in [0.2, 0.25) is 0 Å². The average molecular weight is 691 g/mol. The normalized spacial score (nSPS) is 22.6. The third kappa shape index (κ3) is 5.88. The summed E-state index contributed by atoms with van der Waals surface area (Å²) in [6.07, 6.45) is 4.68. The number of phenols is 1. The van der Waals surface area contributed by atoms with Gasteiger partial charge < -0.3 is 37.0 Å². The van der Waals surface area contributed by atoms with Gasteiger partial charge in [-0.1, -0.05) is 97.1 Å². The maximum absolute atomic E-state index is 14.7. The number of rotatable bonds is 9. The number of aromatic hydroxyl groups is 1. The zero-order chi connectivity index (χ0) is 31.7. The molecule has 3 aliphatic rings. The number of aliphatic hydroxyl groups is 1. The van der Waals surface area contributed by atoms with E-state index in [0.717, 1.165) is 59.1 Å². The molecule has 3 aliphatic heterocycles. The van der Waals surface area contributed by atoms with Crippen LogP contribution in [-0.2, 0) is 10.3 Å². The molecule has 4 aromatic carbocycles. The molecule has 3 N–H and O–H groups in total. The molecule has 4 unspecified atom stereocenters. The predicted octanol–water partition coefficient (Wildman–Crippen LogP) is 3.50. The fraction of sp³-hybridized carbons (Fsp3) is 0.250. The molecule has 4 heterocycles. The van der Waals surface area contributed by atoms with E-state index in [4.69, 9.17) is 0 Å². The summed E-state index contributed by atoms with van der Waals surface area (Å²) in [5.74, 6) is 0.728. The van der Waals surface area contributed by atoms with Crippen LogP contribution in [-0.4, -0.2) is 51.3 Å². The molecule has 5 atom stereocenters. The smallest absolute Gasteiger partial charge is 0.276 e. The number of fused-ring (bicyclic) bond motifs is 4. The van der Waals surface area contributed by atoms with Crippen molar-refractivity contribution in [1.82, 2.24) is 10.3 Å². The van der Waals surface area contributed by atoms with Crippen LogP contribution in [0.25, 0.3) is 10.9 Å². The van der Waals surface area contributed by atoms with Gasteiger partial charge in [-0.15, -0.1) is 6.58 Å². The first-order chi connectivity index (χ1) is 22.4. The number of aliphatic hydroxyl groups excluding tert-OH is 1. The molecule has 6 nitrogen and oxygen atoms in total. The van der Waals surface area contributed by atoms with E-state index in [9.17, 15) is 15.0 Å². The molecule has 3 fully saturated rings. The van der Waals surface area contributed by atoms with E-state index < -0.39 is 11.6 Å². The zero-order valence-electron chi connectivity index (χ0n) is 26.3. The Bertz CT molecular complexity index is 1760. The van der Waals surface area contributed by atoms with Gasteiger partial charge in [0.25, 0.3) is 5.91 Å². The van der Waals surface area contributed by atoms with Crippen molar-refractivity contribution in [3.8, 4) is 5.75 Å². The Morgan fingerprint density at radius 1 is 0.936 bits per heavy atom. The summed E-state index contributed by atoms with van der Waals surface area (Å²) in [5, 5.41) is 26.8. The van der Waals surface area contributed by atoms with Crippen LogP contribution < -0.4 is 22.3 Å². The van der Waals surface area contributed by atoms with Crippen molar-refractivity contribution in [2.75, 3.05) is 19.6 Å². The number of phenolic OH excluding ortho intramolecular Hbond substituents is 1. The third-order valence-electron chi connectivity index (χ3n) is 10.5. The summed E-state index contributed by atoms with van der Waals surface area (Å²) in [4.78, 5) is 19.2. The minimum absolute atomic E-state index is 0. The van der Waals surface area contributed by atoms with Gasteiger partial charge in [-0.3, -0.25) is 9.78 Å². The molecular weight excluding hydrogens is 650 g/mol. The first kappa shape index (κ1) is 32.6. The maximum atomic E-state index is 14.7. The molecule has 47 heavy (non-hydrogen) atoms. The molecule has 2 bridgehead atoms. The van der Waals surface area contributed by atoms with Crippen molar-refractivity contribution in [3.05, 3.63) is 156 Å². The Labute approximate surface area is 286 Å². The molecule has 240 valence electrons. The van der Waals surface area contributed by atoms with Crippen LogP contribution in [0, 0.1) is 11.8 Å². The fourth-order valence-corrected chi connectivity index (χ4v) is 8.32. The second-order valence-corrected chi connectivity index (χ2v) is 13.0. The van der Waals surface area contributed by atoms with Crippen LogP contribution in [0.15, 0.2) is 134 Å². The van der Waals surface area contributed by atoms with E-state index in [1.54, 1.807) is 24.4 Å². The minimum Gasteiger partial charge on any atom is -1.00 e. The Hall–Kier alpha value is -4.30. The first-order valence-corrected chi connectivity index (χ1v) is 16.2. The lowest BCUT2D eigenvalue weighted by molar-refractivity contribution is -0.966. The summed E-state index contributed by atoms with van der Waals surface area (Å²) < 4.78 is 0.470. The molecule has 1 amide bonds. The number of piperidine rings is 3. The van der Waals surface area contributed by atoms with Gasteiger partial charge in [-0.25, -0.2) is 0 Å². The van der Waals surface area contributed by atoms with Crippen LogP contribution in [0.1, 0.15) is 41.2 Å². The number of quaternary nitrogens is 1. The summed E-state index contributed by atoms with van der Waals surface area (Å²) in [7, 11) is 0. The topological polar surface area (TPSA) is 82.5 Å². The van der Waals surface area contributed by atoms with Crippen LogP contribution in [0.4, 0.5) is 0 Å². The van der Waals surface area contributed by atoms with Gasteiger partial charge in [0.05, 0.1) is 18.6 Å². The Morgan fingerprint density at radius 3 is 2.11 bits per heavy atom. The van der Waals surface area contributed by atoms with E-state index in [0.29, 0.717) is 10.4 Å². The Balaban J connectivity index is 0.00000386. The number of amides is 1. The molecule has 1 aromatic heterocycles. The third-order valence-corrected chi connectivity index (χ3v) is 10.5. The lowest BCUT2D eigenvalue weighted by Gasteiger charge is -2.57. The van der Waals surface area contributed by atoms with Gasteiger partial charge in [0.1, 0.15) is 23.4 Å². The van der Waals surface area contributed by atoms with E-state index in [1.165, 1.54) is 0 Å². The van der Waals surface area contributed by atoms with Crippen molar-refractivity contribution in [1.29, 1.82) is 0 Å². The SMILES string of the molecule is C=CC1C[N@+]2(CC(=O)NC(c3ccccc3)(c3ccccc3)c3ccccc3)CCC1CC2C(O)c1ccnc2ccc(O)cc12.[Br-]. The lowest BCUT2D eigenvalue weighted by Crippen LogP contribution is -3.00. The Morgan fingerprint density at radius 2 is 1.53 bits per heavy atom. The number of pyridine rings is 1. The highest BCUT2D eigenvalue weighted by molar-refractivity contribution is 5.84. The average Bonchev–Trinajstić information content (AvgIpc) is 3.11. The number of carbonyl (C=O) groups is 1. The summed E-state index contributed by atoms with van der Waals surface area (Å²) in [6.45, 7) is 5.93. The van der Waals surface area contributed by atoms with Crippen LogP contribution in [0.3, 0.4) is 0 Å². The van der Waals surface area contributed by atoms with E-state index in [1.807, 2.05) is 66.7 Å². The number of nitrogens with one attached hydrogen (secondary N) is 1.